The summed E-state index contributed by atoms with van der Waals surface area (Å²) in [5.41, 5.74) is 2.69. The predicted molar refractivity (Wildman–Crippen MR) is 79.8 cm³/mol. The second-order valence-corrected chi connectivity index (χ2v) is 5.46. The summed E-state index contributed by atoms with van der Waals surface area (Å²) in [6, 6.07) is 9.75. The molecule has 0 spiro atoms. The highest BCUT2D eigenvalue weighted by atomic mass is 79.9. The van der Waals surface area contributed by atoms with Crippen molar-refractivity contribution in [2.45, 2.75) is 13.8 Å². The second-order valence-electron chi connectivity index (χ2n) is 4.60. The van der Waals surface area contributed by atoms with E-state index in [-0.39, 0.29) is 18.2 Å². The number of carbonyl (C=O) groups is 1. The summed E-state index contributed by atoms with van der Waals surface area (Å²) in [5.74, 6) is -0.00632. The molecule has 0 saturated carbocycles. The van der Waals surface area contributed by atoms with Gasteiger partial charge in [-0.1, -0.05) is 23.8 Å². The number of benzene rings is 2. The number of carbonyl (C=O) groups excluding carboxylic acids is 1. The van der Waals surface area contributed by atoms with Crippen LogP contribution < -0.4 is 4.74 Å². The fourth-order valence-corrected chi connectivity index (χ4v) is 2.41. The number of ketones is 1. The van der Waals surface area contributed by atoms with E-state index in [0.29, 0.717) is 15.8 Å². The average Bonchev–Trinajstić information content (AvgIpc) is 2.37. The Kier molecular flexibility index (Phi) is 4.55. The van der Waals surface area contributed by atoms with Crippen molar-refractivity contribution >= 4 is 21.7 Å². The molecule has 0 aliphatic heterocycles. The molecule has 0 aromatic heterocycles. The van der Waals surface area contributed by atoms with Gasteiger partial charge in [0.25, 0.3) is 0 Å². The monoisotopic (exact) mass is 336 g/mol. The fraction of sp³-hybridized carbons (Fsp3) is 0.188. The van der Waals surface area contributed by atoms with Gasteiger partial charge in [0.15, 0.2) is 12.4 Å². The Hall–Kier alpha value is -1.68. The van der Waals surface area contributed by atoms with E-state index in [9.17, 15) is 9.18 Å². The van der Waals surface area contributed by atoms with Gasteiger partial charge in [-0.05, 0) is 53.5 Å². The van der Waals surface area contributed by atoms with Crippen LogP contribution in [-0.4, -0.2) is 12.4 Å². The van der Waals surface area contributed by atoms with Gasteiger partial charge in [-0.3, -0.25) is 4.79 Å². The molecule has 2 aromatic carbocycles. The van der Waals surface area contributed by atoms with Crippen LogP contribution in [0.5, 0.6) is 5.75 Å². The first-order chi connectivity index (χ1) is 9.47. The Morgan fingerprint density at radius 3 is 2.60 bits per heavy atom. The number of rotatable bonds is 4. The molecule has 0 radical (unpaired) electrons. The van der Waals surface area contributed by atoms with Crippen LogP contribution in [0.15, 0.2) is 40.9 Å². The molecule has 0 aliphatic rings. The van der Waals surface area contributed by atoms with E-state index in [2.05, 4.69) is 15.9 Å². The van der Waals surface area contributed by atoms with E-state index in [0.717, 1.165) is 11.1 Å². The van der Waals surface area contributed by atoms with Gasteiger partial charge in [-0.15, -0.1) is 0 Å². The summed E-state index contributed by atoms with van der Waals surface area (Å²) in [6.45, 7) is 3.80. The minimum Gasteiger partial charge on any atom is -0.484 e. The van der Waals surface area contributed by atoms with Gasteiger partial charge < -0.3 is 4.74 Å². The first-order valence-electron chi connectivity index (χ1n) is 6.15. The summed E-state index contributed by atoms with van der Waals surface area (Å²) < 4.78 is 18.9. The number of aryl methyl sites for hydroxylation is 2. The van der Waals surface area contributed by atoms with Gasteiger partial charge in [0.05, 0.1) is 4.47 Å². The van der Waals surface area contributed by atoms with Crippen LogP contribution in [0.1, 0.15) is 21.5 Å². The molecule has 0 heterocycles. The maximum atomic E-state index is 12.9. The molecule has 0 atom stereocenters. The van der Waals surface area contributed by atoms with Crippen molar-refractivity contribution in [1.29, 1.82) is 0 Å². The minimum atomic E-state index is -0.357. The number of halogens is 2. The van der Waals surface area contributed by atoms with Crippen molar-refractivity contribution in [3.8, 4) is 5.75 Å². The van der Waals surface area contributed by atoms with E-state index in [4.69, 9.17) is 4.74 Å². The Labute approximate surface area is 125 Å². The third-order valence-electron chi connectivity index (χ3n) is 2.94. The summed E-state index contributed by atoms with van der Waals surface area (Å²) in [7, 11) is 0. The van der Waals surface area contributed by atoms with Crippen LogP contribution >= 0.6 is 15.9 Å². The van der Waals surface area contributed by atoms with Crippen LogP contribution in [0.3, 0.4) is 0 Å². The van der Waals surface area contributed by atoms with Gasteiger partial charge in [-0.25, -0.2) is 4.39 Å². The lowest BCUT2D eigenvalue weighted by Crippen LogP contribution is -2.13. The van der Waals surface area contributed by atoms with E-state index in [1.807, 2.05) is 26.0 Å². The van der Waals surface area contributed by atoms with E-state index in [1.54, 1.807) is 6.07 Å². The number of Topliss-reactive ketones (excluding diaryl/α,β-unsaturated/α-hetero) is 1. The Morgan fingerprint density at radius 1 is 1.20 bits per heavy atom. The molecule has 0 aliphatic carbocycles. The van der Waals surface area contributed by atoms with Crippen molar-refractivity contribution in [3.05, 3.63) is 63.4 Å². The lowest BCUT2D eigenvalue weighted by atomic mass is 10.0. The van der Waals surface area contributed by atoms with Crippen LogP contribution in [0.2, 0.25) is 0 Å². The van der Waals surface area contributed by atoms with Crippen LogP contribution in [0.4, 0.5) is 4.39 Å². The molecular formula is C16H14BrFO2. The van der Waals surface area contributed by atoms with Gasteiger partial charge in [0, 0.05) is 5.56 Å². The molecule has 0 saturated heterocycles. The van der Waals surface area contributed by atoms with Gasteiger partial charge in [0.2, 0.25) is 0 Å². The summed E-state index contributed by atoms with van der Waals surface area (Å²) in [5, 5.41) is 0. The van der Waals surface area contributed by atoms with Gasteiger partial charge >= 0.3 is 0 Å². The zero-order valence-electron chi connectivity index (χ0n) is 11.2. The first-order valence-corrected chi connectivity index (χ1v) is 6.95. The number of hydrogen-bond acceptors (Lipinski definition) is 2. The lowest BCUT2D eigenvalue weighted by Gasteiger charge is -2.09. The molecule has 4 heteroatoms. The Bertz CT molecular complexity index is 653. The van der Waals surface area contributed by atoms with Crippen molar-refractivity contribution in [3.63, 3.8) is 0 Å². The molecular weight excluding hydrogens is 323 g/mol. The molecule has 0 unspecified atom stereocenters. The molecule has 20 heavy (non-hydrogen) atoms. The molecule has 0 bridgehead atoms. The normalized spacial score (nSPS) is 10.4. The van der Waals surface area contributed by atoms with Crippen molar-refractivity contribution in [1.82, 2.24) is 0 Å². The molecule has 0 amide bonds. The largest absolute Gasteiger partial charge is 0.484 e. The standard InChI is InChI=1S/C16H14BrFO2/c1-10-3-5-13(11(2)7-10)15(19)9-20-16-6-4-12(18)8-14(16)17/h3-8H,9H2,1-2H3. The highest BCUT2D eigenvalue weighted by Crippen LogP contribution is 2.25. The van der Waals surface area contributed by atoms with E-state index in [1.165, 1.54) is 18.2 Å². The predicted octanol–water partition coefficient (Wildman–Crippen LogP) is 4.47. The molecule has 0 fully saturated rings. The van der Waals surface area contributed by atoms with Gasteiger partial charge in [0.1, 0.15) is 11.6 Å². The zero-order chi connectivity index (χ0) is 14.7. The fourth-order valence-electron chi connectivity index (χ4n) is 1.94. The third kappa shape index (κ3) is 3.45. The van der Waals surface area contributed by atoms with E-state index < -0.39 is 0 Å². The second kappa shape index (κ2) is 6.18. The van der Waals surface area contributed by atoms with Crippen molar-refractivity contribution < 1.29 is 13.9 Å². The maximum absolute atomic E-state index is 12.9. The highest BCUT2D eigenvalue weighted by Gasteiger charge is 2.11. The Balaban J connectivity index is 2.08. The smallest absolute Gasteiger partial charge is 0.200 e. The summed E-state index contributed by atoms with van der Waals surface area (Å²) in [6.07, 6.45) is 0. The maximum Gasteiger partial charge on any atom is 0.200 e. The molecule has 2 nitrogen and oxygen atoms in total. The zero-order valence-corrected chi connectivity index (χ0v) is 12.8. The number of hydrogen-bond donors (Lipinski definition) is 0. The number of ether oxygens (including phenoxy) is 1. The van der Waals surface area contributed by atoms with Crippen LogP contribution in [0.25, 0.3) is 0 Å². The molecule has 0 N–H and O–H groups in total. The molecule has 2 rings (SSSR count). The quantitative estimate of drug-likeness (QED) is 0.770. The van der Waals surface area contributed by atoms with Crippen LogP contribution in [-0.2, 0) is 0 Å². The van der Waals surface area contributed by atoms with Crippen molar-refractivity contribution in [2.75, 3.05) is 6.61 Å². The third-order valence-corrected chi connectivity index (χ3v) is 3.55. The summed E-state index contributed by atoms with van der Waals surface area (Å²) in [4.78, 5) is 12.1. The highest BCUT2D eigenvalue weighted by molar-refractivity contribution is 9.10. The van der Waals surface area contributed by atoms with Crippen LogP contribution in [0, 0.1) is 19.7 Å². The van der Waals surface area contributed by atoms with Crippen molar-refractivity contribution in [2.24, 2.45) is 0 Å². The lowest BCUT2D eigenvalue weighted by molar-refractivity contribution is 0.0920. The SMILES string of the molecule is Cc1ccc(C(=O)COc2ccc(F)cc2Br)c(C)c1. The van der Waals surface area contributed by atoms with Gasteiger partial charge in [-0.2, -0.15) is 0 Å². The topological polar surface area (TPSA) is 26.3 Å². The molecule has 104 valence electrons. The van der Waals surface area contributed by atoms with E-state index >= 15 is 0 Å². The average molecular weight is 337 g/mol. The summed E-state index contributed by atoms with van der Waals surface area (Å²) >= 11 is 3.20. The minimum absolute atomic E-state index is 0.0753. The Morgan fingerprint density at radius 2 is 1.95 bits per heavy atom. The first kappa shape index (κ1) is 14.7. The molecule has 2 aromatic rings.